The molecule has 2 aliphatic rings. The molecule has 1 saturated heterocycles. The Morgan fingerprint density at radius 2 is 2.12 bits per heavy atom. The van der Waals surface area contributed by atoms with Crippen LogP contribution in [0.4, 0.5) is 0 Å². The van der Waals surface area contributed by atoms with E-state index in [0.29, 0.717) is 24.7 Å². The summed E-state index contributed by atoms with van der Waals surface area (Å²) in [5, 5.41) is 20.0. The highest BCUT2D eigenvalue weighted by Crippen LogP contribution is 2.46. The van der Waals surface area contributed by atoms with E-state index in [0.717, 1.165) is 25.7 Å². The summed E-state index contributed by atoms with van der Waals surface area (Å²) in [7, 11) is 0. The highest BCUT2D eigenvalue weighted by molar-refractivity contribution is 5.70. The van der Waals surface area contributed by atoms with Crippen molar-refractivity contribution in [3.8, 4) is 0 Å². The Labute approximate surface area is 145 Å². The molecule has 0 bridgehead atoms. The van der Waals surface area contributed by atoms with Gasteiger partial charge < -0.3 is 14.9 Å². The first-order chi connectivity index (χ1) is 11.6. The summed E-state index contributed by atoms with van der Waals surface area (Å²) in [5.41, 5.74) is 0. The second kappa shape index (κ2) is 10.00. The van der Waals surface area contributed by atoms with Gasteiger partial charge in [0.05, 0.1) is 12.2 Å². The van der Waals surface area contributed by atoms with E-state index in [9.17, 15) is 15.0 Å². The van der Waals surface area contributed by atoms with Crippen LogP contribution in [0.1, 0.15) is 64.7 Å². The summed E-state index contributed by atoms with van der Waals surface area (Å²) in [6.45, 7) is 2.18. The van der Waals surface area contributed by atoms with Gasteiger partial charge in [-0.05, 0) is 44.4 Å². The van der Waals surface area contributed by atoms with Crippen molar-refractivity contribution in [1.29, 1.82) is 0 Å². The van der Waals surface area contributed by atoms with Gasteiger partial charge in [-0.15, -0.1) is 0 Å². The summed E-state index contributed by atoms with van der Waals surface area (Å²) < 4.78 is 5.39. The number of allylic oxidation sites excluding steroid dienone is 2. The highest BCUT2D eigenvalue weighted by Gasteiger charge is 2.44. The summed E-state index contributed by atoms with van der Waals surface area (Å²) in [5.74, 6) is 0.683. The van der Waals surface area contributed by atoms with Crippen LogP contribution >= 0.6 is 0 Å². The van der Waals surface area contributed by atoms with Crippen molar-refractivity contribution >= 4 is 5.97 Å². The van der Waals surface area contributed by atoms with Crippen molar-refractivity contribution in [1.82, 2.24) is 0 Å². The van der Waals surface area contributed by atoms with E-state index in [2.05, 4.69) is 13.0 Å². The number of carbonyl (C=O) groups excluding carboxylic acids is 1. The molecule has 1 saturated carbocycles. The highest BCUT2D eigenvalue weighted by atomic mass is 16.5. The number of hydrogen-bond acceptors (Lipinski definition) is 4. The maximum absolute atomic E-state index is 11.3. The molecule has 0 spiro atoms. The fourth-order valence-corrected chi connectivity index (χ4v) is 3.31. The first-order valence-electron chi connectivity index (χ1n) is 9.50. The van der Waals surface area contributed by atoms with E-state index >= 15 is 0 Å². The number of hydrogen-bond donors (Lipinski definition) is 2. The Morgan fingerprint density at radius 1 is 1.29 bits per heavy atom. The van der Waals surface area contributed by atoms with Crippen molar-refractivity contribution < 1.29 is 19.7 Å². The van der Waals surface area contributed by atoms with Crippen LogP contribution in [0.25, 0.3) is 0 Å². The lowest BCUT2D eigenvalue weighted by molar-refractivity contribution is -0.155. The molecule has 1 aliphatic heterocycles. The van der Waals surface area contributed by atoms with Gasteiger partial charge in [-0.2, -0.15) is 0 Å². The van der Waals surface area contributed by atoms with Crippen molar-refractivity contribution in [3.63, 3.8) is 0 Å². The minimum absolute atomic E-state index is 0.0500. The van der Waals surface area contributed by atoms with E-state index in [1.165, 1.54) is 19.3 Å². The lowest BCUT2D eigenvalue weighted by atomic mass is 10.0. The van der Waals surface area contributed by atoms with Gasteiger partial charge in [0.1, 0.15) is 6.10 Å². The Kier molecular flexibility index (Phi) is 8.00. The smallest absolute Gasteiger partial charge is 0.306 e. The van der Waals surface area contributed by atoms with Crippen LogP contribution < -0.4 is 0 Å². The van der Waals surface area contributed by atoms with E-state index in [4.69, 9.17) is 4.74 Å². The molecule has 1 heterocycles. The standard InChI is InChI=1S/C20H32O4/c1-2-3-4-5-6-7-9-17(21)18(22)13-12-15-14-16(15)19-10-8-11-20(23)24-19/h6-7,12-13,15-19,21-22H,2-5,8-11,14H2,1H3/b7-6-,13-12+/t15-,16-,17-,18+,19+/m0/s1. The summed E-state index contributed by atoms with van der Waals surface area (Å²) >= 11 is 0. The second-order valence-electron chi connectivity index (χ2n) is 7.13. The first-order valence-corrected chi connectivity index (χ1v) is 9.50. The average molecular weight is 336 g/mol. The molecule has 136 valence electrons. The third kappa shape index (κ3) is 6.40. The number of cyclic esters (lactones) is 1. The normalized spacial score (nSPS) is 29.8. The number of unbranched alkanes of at least 4 members (excludes halogenated alkanes) is 3. The van der Waals surface area contributed by atoms with Crippen LogP contribution in [0, 0.1) is 11.8 Å². The topological polar surface area (TPSA) is 66.8 Å². The number of aliphatic hydroxyl groups is 2. The summed E-state index contributed by atoms with van der Waals surface area (Å²) in [4.78, 5) is 11.3. The maximum Gasteiger partial charge on any atom is 0.306 e. The molecule has 2 rings (SSSR count). The fraction of sp³-hybridized carbons (Fsp3) is 0.750. The molecule has 0 aromatic carbocycles. The molecule has 2 N–H and O–H groups in total. The lowest BCUT2D eigenvalue weighted by Gasteiger charge is -2.22. The number of aliphatic hydroxyl groups excluding tert-OH is 2. The molecular formula is C20H32O4. The predicted molar refractivity (Wildman–Crippen MR) is 94.4 cm³/mol. The van der Waals surface area contributed by atoms with E-state index in [-0.39, 0.29) is 12.1 Å². The van der Waals surface area contributed by atoms with E-state index in [1.807, 2.05) is 12.2 Å². The van der Waals surface area contributed by atoms with E-state index < -0.39 is 12.2 Å². The number of esters is 1. The molecule has 0 unspecified atom stereocenters. The monoisotopic (exact) mass is 336 g/mol. The fourth-order valence-electron chi connectivity index (χ4n) is 3.31. The zero-order valence-electron chi connectivity index (χ0n) is 14.8. The van der Waals surface area contributed by atoms with Crippen LogP contribution in [0.3, 0.4) is 0 Å². The maximum atomic E-state index is 11.3. The van der Waals surface area contributed by atoms with Crippen LogP contribution in [-0.2, 0) is 9.53 Å². The molecule has 4 heteroatoms. The van der Waals surface area contributed by atoms with Gasteiger partial charge in [0.25, 0.3) is 0 Å². The van der Waals surface area contributed by atoms with Gasteiger partial charge in [-0.3, -0.25) is 4.79 Å². The van der Waals surface area contributed by atoms with Gasteiger partial charge in [-0.1, -0.05) is 44.1 Å². The molecule has 4 nitrogen and oxygen atoms in total. The SMILES string of the molecule is CCCCC/C=C\C[C@H](O)[C@H](O)/C=C/[C@H]1C[C@@H]1[C@H]1CCCC(=O)O1. The minimum Gasteiger partial charge on any atom is -0.462 e. The molecular weight excluding hydrogens is 304 g/mol. The van der Waals surface area contributed by atoms with Gasteiger partial charge >= 0.3 is 5.97 Å². The van der Waals surface area contributed by atoms with Gasteiger partial charge in [-0.25, -0.2) is 0 Å². The minimum atomic E-state index is -0.833. The zero-order valence-corrected chi connectivity index (χ0v) is 14.8. The van der Waals surface area contributed by atoms with Crippen LogP contribution in [0.5, 0.6) is 0 Å². The molecule has 0 radical (unpaired) electrons. The van der Waals surface area contributed by atoms with E-state index in [1.54, 1.807) is 6.08 Å². The van der Waals surface area contributed by atoms with Crippen LogP contribution in [0.15, 0.2) is 24.3 Å². The van der Waals surface area contributed by atoms with Crippen molar-refractivity contribution in [3.05, 3.63) is 24.3 Å². The molecule has 0 amide bonds. The van der Waals surface area contributed by atoms with Gasteiger partial charge in [0.2, 0.25) is 0 Å². The number of ether oxygens (including phenoxy) is 1. The molecule has 0 aromatic heterocycles. The third-order valence-corrected chi connectivity index (χ3v) is 4.99. The largest absolute Gasteiger partial charge is 0.462 e. The summed E-state index contributed by atoms with van der Waals surface area (Å²) in [6, 6.07) is 0. The molecule has 5 atom stereocenters. The second-order valence-corrected chi connectivity index (χ2v) is 7.13. The molecule has 0 aromatic rings. The predicted octanol–water partition coefficient (Wildman–Crippen LogP) is 3.52. The molecule has 2 fully saturated rings. The lowest BCUT2D eigenvalue weighted by Crippen LogP contribution is -2.25. The average Bonchev–Trinajstić information content (AvgIpc) is 3.35. The Morgan fingerprint density at radius 3 is 2.88 bits per heavy atom. The van der Waals surface area contributed by atoms with Gasteiger partial charge in [0.15, 0.2) is 0 Å². The molecule has 24 heavy (non-hydrogen) atoms. The van der Waals surface area contributed by atoms with Gasteiger partial charge in [0, 0.05) is 12.3 Å². The first kappa shape index (κ1) is 19.2. The number of carbonyl (C=O) groups is 1. The number of rotatable bonds is 10. The van der Waals surface area contributed by atoms with Crippen LogP contribution in [-0.4, -0.2) is 34.5 Å². The quantitative estimate of drug-likeness (QED) is 0.364. The third-order valence-electron chi connectivity index (χ3n) is 4.99. The van der Waals surface area contributed by atoms with Crippen LogP contribution in [0.2, 0.25) is 0 Å². The molecule has 1 aliphatic carbocycles. The Bertz CT molecular complexity index is 443. The van der Waals surface area contributed by atoms with Crippen molar-refractivity contribution in [2.24, 2.45) is 11.8 Å². The van der Waals surface area contributed by atoms with Crippen molar-refractivity contribution in [2.75, 3.05) is 0 Å². The zero-order chi connectivity index (χ0) is 17.4. The summed E-state index contributed by atoms with van der Waals surface area (Å²) in [6.07, 6.45) is 14.7. The Hall–Kier alpha value is -1.13. The Balaban J connectivity index is 1.64. The van der Waals surface area contributed by atoms with Crippen molar-refractivity contribution in [2.45, 2.75) is 83.0 Å².